The Balaban J connectivity index is 1.77. The highest BCUT2D eigenvalue weighted by atomic mass is 19.1. The Labute approximate surface area is 138 Å². The second-order valence-corrected chi connectivity index (χ2v) is 5.56. The molecule has 0 bridgehead atoms. The van der Waals surface area contributed by atoms with Gasteiger partial charge in [0.15, 0.2) is 0 Å². The smallest absolute Gasteiger partial charge is 0.339 e. The van der Waals surface area contributed by atoms with Crippen LogP contribution in [-0.4, -0.2) is 22.3 Å². The minimum Gasteiger partial charge on any atom is -0.457 e. The molecule has 0 unspecified atom stereocenters. The van der Waals surface area contributed by atoms with Gasteiger partial charge in [0, 0.05) is 0 Å². The van der Waals surface area contributed by atoms with Crippen molar-refractivity contribution in [3.63, 3.8) is 0 Å². The first kappa shape index (κ1) is 16.0. The first-order valence-electron chi connectivity index (χ1n) is 7.55. The lowest BCUT2D eigenvalue weighted by molar-refractivity contribution is -0.0608. The highest BCUT2D eigenvalue weighted by Crippen LogP contribution is 2.32. The van der Waals surface area contributed by atoms with Gasteiger partial charge < -0.3 is 10.5 Å². The number of hydroxylamine groups is 2. The predicted molar refractivity (Wildman–Crippen MR) is 87.1 cm³/mol. The summed E-state index contributed by atoms with van der Waals surface area (Å²) in [7, 11) is 0. The molecule has 0 saturated carbocycles. The third kappa shape index (κ3) is 3.55. The van der Waals surface area contributed by atoms with Crippen molar-refractivity contribution in [1.82, 2.24) is 5.06 Å². The van der Waals surface area contributed by atoms with Gasteiger partial charge in [-0.15, -0.1) is 0 Å². The largest absolute Gasteiger partial charge is 0.457 e. The van der Waals surface area contributed by atoms with Gasteiger partial charge >= 0.3 is 6.03 Å². The molecule has 0 fully saturated rings. The van der Waals surface area contributed by atoms with Crippen molar-refractivity contribution in [3.8, 4) is 11.5 Å². The lowest BCUT2D eigenvalue weighted by atomic mass is 10.1. The van der Waals surface area contributed by atoms with Crippen LogP contribution >= 0.6 is 0 Å². The number of benzene rings is 2. The number of urea groups is 1. The number of halogens is 1. The second kappa shape index (κ2) is 6.72. The lowest BCUT2D eigenvalue weighted by Gasteiger charge is -2.17. The van der Waals surface area contributed by atoms with Crippen LogP contribution in [0.4, 0.5) is 9.18 Å². The van der Waals surface area contributed by atoms with E-state index >= 15 is 0 Å². The summed E-state index contributed by atoms with van der Waals surface area (Å²) in [5.41, 5.74) is 7.03. The molecule has 0 radical (unpaired) electrons. The van der Waals surface area contributed by atoms with Gasteiger partial charge in [-0.25, -0.2) is 9.18 Å². The molecule has 2 aromatic carbocycles. The highest BCUT2D eigenvalue weighted by Gasteiger charge is 2.24. The van der Waals surface area contributed by atoms with Crippen LogP contribution in [0.2, 0.25) is 0 Å². The number of nitrogens with zero attached hydrogens (tertiary/aromatic N) is 1. The first-order valence-corrected chi connectivity index (χ1v) is 7.55. The summed E-state index contributed by atoms with van der Waals surface area (Å²) >= 11 is 0. The Bertz CT molecular complexity index is 774. The maximum Gasteiger partial charge on any atom is 0.339 e. The summed E-state index contributed by atoms with van der Waals surface area (Å²) in [6.07, 6.45) is 3.15. The Morgan fingerprint density at radius 3 is 2.67 bits per heavy atom. The molecule has 0 saturated heterocycles. The predicted octanol–water partition coefficient (Wildman–Crippen LogP) is 3.93. The molecule has 1 aliphatic rings. The third-order valence-corrected chi connectivity index (χ3v) is 3.90. The fraction of sp³-hybridized carbons (Fsp3) is 0.167. The third-order valence-electron chi connectivity index (χ3n) is 3.90. The van der Waals surface area contributed by atoms with Gasteiger partial charge in [0.05, 0.1) is 6.04 Å². The molecule has 3 rings (SSSR count). The molecule has 0 aliphatic heterocycles. The minimum absolute atomic E-state index is 0.318. The molecule has 5 nitrogen and oxygen atoms in total. The zero-order valence-electron chi connectivity index (χ0n) is 12.9. The van der Waals surface area contributed by atoms with Crippen molar-refractivity contribution in [3.05, 3.63) is 66.0 Å². The number of nitrogens with two attached hydrogens (primary N) is 1. The lowest BCUT2D eigenvalue weighted by Crippen LogP contribution is -2.39. The van der Waals surface area contributed by atoms with Crippen LogP contribution in [-0.2, 0) is 0 Å². The van der Waals surface area contributed by atoms with E-state index in [0.29, 0.717) is 23.0 Å². The number of carbonyl (C=O) groups is 1. The summed E-state index contributed by atoms with van der Waals surface area (Å²) < 4.78 is 18.7. The average Bonchev–Trinajstić information content (AvgIpc) is 3.06. The Kier molecular flexibility index (Phi) is 4.48. The summed E-state index contributed by atoms with van der Waals surface area (Å²) in [5.74, 6) is 0.850. The number of hydrogen-bond donors (Lipinski definition) is 2. The van der Waals surface area contributed by atoms with Crippen LogP contribution < -0.4 is 10.5 Å². The van der Waals surface area contributed by atoms with Gasteiger partial charge in [0.1, 0.15) is 17.3 Å². The molecular formula is C18H17FN2O3. The molecule has 3 N–H and O–H groups in total. The fourth-order valence-corrected chi connectivity index (χ4v) is 2.70. The first-order chi connectivity index (χ1) is 11.5. The second-order valence-electron chi connectivity index (χ2n) is 5.56. The molecule has 2 amide bonds. The number of primary amides is 1. The van der Waals surface area contributed by atoms with Crippen LogP contribution in [0.3, 0.4) is 0 Å². The molecule has 1 atom stereocenters. The van der Waals surface area contributed by atoms with Gasteiger partial charge in [-0.1, -0.05) is 18.2 Å². The zero-order valence-corrected chi connectivity index (χ0v) is 12.9. The minimum atomic E-state index is -0.870. The molecular weight excluding hydrogens is 311 g/mol. The number of amides is 2. The van der Waals surface area contributed by atoms with Crippen LogP contribution in [0, 0.1) is 5.82 Å². The molecule has 0 aromatic heterocycles. The molecule has 1 aliphatic carbocycles. The monoisotopic (exact) mass is 328 g/mol. The summed E-state index contributed by atoms with van der Waals surface area (Å²) in [6, 6.07) is 12.0. The van der Waals surface area contributed by atoms with E-state index in [-0.39, 0.29) is 5.82 Å². The van der Waals surface area contributed by atoms with Gasteiger partial charge in [-0.05, 0) is 60.4 Å². The number of allylic oxidation sites excluding steroid dienone is 1. The Morgan fingerprint density at radius 2 is 1.96 bits per heavy atom. The Hall–Kier alpha value is -2.86. The summed E-state index contributed by atoms with van der Waals surface area (Å²) in [4.78, 5) is 11.0. The van der Waals surface area contributed by atoms with Crippen molar-refractivity contribution >= 4 is 11.6 Å². The number of carbonyl (C=O) groups excluding carboxylic acids is 1. The van der Waals surface area contributed by atoms with E-state index in [4.69, 9.17) is 10.5 Å². The van der Waals surface area contributed by atoms with Crippen molar-refractivity contribution < 1.29 is 19.1 Å². The maximum atomic E-state index is 12.9. The van der Waals surface area contributed by atoms with Crippen LogP contribution in [0.25, 0.3) is 5.57 Å². The van der Waals surface area contributed by atoms with Crippen molar-refractivity contribution in [1.29, 1.82) is 0 Å². The Morgan fingerprint density at radius 1 is 1.21 bits per heavy atom. The van der Waals surface area contributed by atoms with E-state index in [1.54, 1.807) is 12.1 Å². The standard InChI is InChI=1S/C18H17FN2O3/c19-14-5-8-16(9-6-14)24-17-3-1-2-12(11-17)13-4-7-15(10-13)21(23)18(20)22/h1-3,5-6,8-11,15,23H,4,7H2,(H2,20,22)/t15-/m1/s1. The zero-order chi connectivity index (χ0) is 17.1. The molecule has 0 spiro atoms. The number of ether oxygens (including phenoxy) is 1. The molecule has 124 valence electrons. The van der Waals surface area contributed by atoms with E-state index in [2.05, 4.69) is 0 Å². The van der Waals surface area contributed by atoms with E-state index in [1.165, 1.54) is 12.1 Å². The van der Waals surface area contributed by atoms with Gasteiger partial charge in [-0.3, -0.25) is 5.21 Å². The van der Waals surface area contributed by atoms with Crippen molar-refractivity contribution in [2.45, 2.75) is 18.9 Å². The molecule has 6 heteroatoms. The normalized spacial score (nSPS) is 16.6. The van der Waals surface area contributed by atoms with Gasteiger partial charge in [-0.2, -0.15) is 5.06 Å². The number of hydrogen-bond acceptors (Lipinski definition) is 3. The van der Waals surface area contributed by atoms with E-state index < -0.39 is 12.1 Å². The van der Waals surface area contributed by atoms with E-state index in [1.807, 2.05) is 30.3 Å². The SMILES string of the molecule is NC(=O)N(O)[C@H]1C=C(c2cccc(Oc3ccc(F)cc3)c2)CC1. The fourth-order valence-electron chi connectivity index (χ4n) is 2.70. The summed E-state index contributed by atoms with van der Waals surface area (Å²) in [5, 5.41) is 10.2. The highest BCUT2D eigenvalue weighted by molar-refractivity contribution is 5.74. The van der Waals surface area contributed by atoms with E-state index in [0.717, 1.165) is 17.6 Å². The van der Waals surface area contributed by atoms with Gasteiger partial charge in [0.2, 0.25) is 0 Å². The average molecular weight is 328 g/mol. The van der Waals surface area contributed by atoms with Crippen molar-refractivity contribution in [2.24, 2.45) is 5.73 Å². The molecule has 2 aromatic rings. The summed E-state index contributed by atoms with van der Waals surface area (Å²) in [6.45, 7) is 0. The van der Waals surface area contributed by atoms with E-state index in [9.17, 15) is 14.4 Å². The van der Waals surface area contributed by atoms with Gasteiger partial charge in [0.25, 0.3) is 0 Å². The quantitative estimate of drug-likeness (QED) is 0.659. The number of rotatable bonds is 4. The molecule has 0 heterocycles. The van der Waals surface area contributed by atoms with Crippen LogP contribution in [0.15, 0.2) is 54.6 Å². The topological polar surface area (TPSA) is 75.8 Å². The van der Waals surface area contributed by atoms with Crippen LogP contribution in [0.1, 0.15) is 18.4 Å². The van der Waals surface area contributed by atoms with Crippen LogP contribution in [0.5, 0.6) is 11.5 Å². The maximum absolute atomic E-state index is 12.9. The molecule has 24 heavy (non-hydrogen) atoms. The van der Waals surface area contributed by atoms with Crippen molar-refractivity contribution in [2.75, 3.05) is 0 Å².